The van der Waals surface area contributed by atoms with Gasteiger partial charge in [0, 0.05) is 5.56 Å². The fraction of sp³-hybridized carbons (Fsp3) is 0.400. The second kappa shape index (κ2) is 5.45. The van der Waals surface area contributed by atoms with Crippen molar-refractivity contribution in [3.05, 3.63) is 28.8 Å². The molecule has 0 amide bonds. The lowest BCUT2D eigenvalue weighted by atomic mass is 10.1. The normalized spacial score (nSPS) is 11.8. The second-order valence-corrected chi connectivity index (χ2v) is 3.42. The molecule has 106 valence electrons. The minimum absolute atomic E-state index is 0.409. The van der Waals surface area contributed by atoms with Crippen LogP contribution in [0.3, 0.4) is 0 Å². The van der Waals surface area contributed by atoms with Crippen LogP contribution in [0, 0.1) is 5.82 Å². The largest absolute Gasteiger partial charge is 0.469 e. The number of halogens is 6. The first-order valence-electron chi connectivity index (χ1n) is 4.78. The van der Waals surface area contributed by atoms with Crippen LogP contribution in [0.25, 0.3) is 0 Å². The van der Waals surface area contributed by atoms with Crippen LogP contribution in [-0.4, -0.2) is 18.1 Å². The first-order chi connectivity index (χ1) is 8.66. The Hall–Kier alpha value is -1.80. The number of carbonyl (C=O) groups excluding carboxylic acids is 1. The molecule has 0 aliphatic rings. The van der Waals surface area contributed by atoms with Crippen molar-refractivity contribution in [1.29, 1.82) is 0 Å². The highest BCUT2D eigenvalue weighted by Crippen LogP contribution is 2.33. The Balaban J connectivity index is 3.37. The van der Waals surface area contributed by atoms with Crippen LogP contribution < -0.4 is 0 Å². The van der Waals surface area contributed by atoms with Crippen molar-refractivity contribution in [2.24, 2.45) is 0 Å². The third-order valence-electron chi connectivity index (χ3n) is 2.11. The number of aromatic nitrogens is 1. The summed E-state index contributed by atoms with van der Waals surface area (Å²) < 4.78 is 79.7. The summed E-state index contributed by atoms with van der Waals surface area (Å²) in [5.74, 6) is -2.92. The highest BCUT2D eigenvalue weighted by atomic mass is 19.4. The maximum atomic E-state index is 13.5. The van der Waals surface area contributed by atoms with Gasteiger partial charge in [-0.2, -0.15) is 13.2 Å². The van der Waals surface area contributed by atoms with Crippen molar-refractivity contribution in [1.82, 2.24) is 4.98 Å². The summed E-state index contributed by atoms with van der Waals surface area (Å²) in [6.45, 7) is 0. The zero-order valence-electron chi connectivity index (χ0n) is 9.39. The average molecular weight is 287 g/mol. The Morgan fingerprint density at radius 1 is 1.42 bits per heavy atom. The van der Waals surface area contributed by atoms with E-state index in [0.717, 1.165) is 7.11 Å². The van der Waals surface area contributed by atoms with Crippen LogP contribution in [0.1, 0.15) is 23.4 Å². The monoisotopic (exact) mass is 287 g/mol. The molecule has 0 aliphatic carbocycles. The molecular formula is C10H7F6NO2. The third kappa shape index (κ3) is 3.58. The van der Waals surface area contributed by atoms with Gasteiger partial charge in [0.2, 0.25) is 0 Å². The van der Waals surface area contributed by atoms with E-state index in [4.69, 9.17) is 0 Å². The predicted octanol–water partition coefficient (Wildman–Crippen LogP) is 2.89. The summed E-state index contributed by atoms with van der Waals surface area (Å²) in [6.07, 6.45) is -9.45. The zero-order valence-corrected chi connectivity index (χ0v) is 9.39. The lowest BCUT2D eigenvalue weighted by Crippen LogP contribution is -2.17. The minimum Gasteiger partial charge on any atom is -0.469 e. The number of carbonyl (C=O) groups is 1. The van der Waals surface area contributed by atoms with Gasteiger partial charge in [0.1, 0.15) is 5.69 Å². The second-order valence-electron chi connectivity index (χ2n) is 3.42. The number of esters is 1. The predicted molar refractivity (Wildman–Crippen MR) is 49.9 cm³/mol. The van der Waals surface area contributed by atoms with E-state index in [1.165, 1.54) is 0 Å². The van der Waals surface area contributed by atoms with Crippen LogP contribution in [-0.2, 0) is 22.1 Å². The Labute approximate surface area is 103 Å². The quantitative estimate of drug-likeness (QED) is 0.634. The number of hydrogen-bond donors (Lipinski definition) is 0. The summed E-state index contributed by atoms with van der Waals surface area (Å²) in [5, 5.41) is 0. The Bertz CT molecular complexity index is 486. The molecule has 0 N–H and O–H groups in total. The number of rotatable bonds is 3. The van der Waals surface area contributed by atoms with E-state index in [-0.39, 0.29) is 0 Å². The number of pyridine rings is 1. The van der Waals surface area contributed by atoms with Crippen LogP contribution >= 0.6 is 0 Å². The molecular weight excluding hydrogens is 280 g/mol. The summed E-state index contributed by atoms with van der Waals surface area (Å²) >= 11 is 0. The van der Waals surface area contributed by atoms with Crippen LogP contribution in [0.15, 0.2) is 6.07 Å². The van der Waals surface area contributed by atoms with Crippen molar-refractivity contribution in [3.63, 3.8) is 0 Å². The molecule has 1 aromatic rings. The molecule has 1 rings (SSSR count). The molecule has 9 heteroatoms. The maximum Gasteiger partial charge on any atom is 0.436 e. The highest BCUT2D eigenvalue weighted by molar-refractivity contribution is 5.72. The molecule has 0 aromatic carbocycles. The van der Waals surface area contributed by atoms with Gasteiger partial charge in [-0.15, -0.1) is 0 Å². The van der Waals surface area contributed by atoms with Gasteiger partial charge in [-0.3, -0.25) is 4.79 Å². The molecule has 0 unspecified atom stereocenters. The molecule has 0 bridgehead atoms. The number of nitrogens with zero attached hydrogens (tertiary/aromatic N) is 1. The molecule has 3 nitrogen and oxygen atoms in total. The van der Waals surface area contributed by atoms with Crippen molar-refractivity contribution in [2.75, 3.05) is 7.11 Å². The van der Waals surface area contributed by atoms with E-state index < -0.39 is 47.8 Å². The van der Waals surface area contributed by atoms with Crippen molar-refractivity contribution < 1.29 is 35.9 Å². The van der Waals surface area contributed by atoms with E-state index >= 15 is 0 Å². The molecule has 0 spiro atoms. The van der Waals surface area contributed by atoms with Gasteiger partial charge in [-0.25, -0.2) is 18.2 Å². The first-order valence-corrected chi connectivity index (χ1v) is 4.78. The van der Waals surface area contributed by atoms with E-state index in [0.29, 0.717) is 6.07 Å². The van der Waals surface area contributed by atoms with Crippen molar-refractivity contribution >= 4 is 5.97 Å². The lowest BCUT2D eigenvalue weighted by Gasteiger charge is -2.12. The summed E-state index contributed by atoms with van der Waals surface area (Å²) in [5.41, 5.74) is -4.18. The molecule has 0 atom stereocenters. The van der Waals surface area contributed by atoms with Gasteiger partial charge >= 0.3 is 12.1 Å². The fourth-order valence-electron chi connectivity index (χ4n) is 1.26. The van der Waals surface area contributed by atoms with Gasteiger partial charge in [0.25, 0.3) is 6.43 Å². The van der Waals surface area contributed by atoms with E-state index in [1.54, 1.807) is 0 Å². The lowest BCUT2D eigenvalue weighted by molar-refractivity contribution is -0.145. The third-order valence-corrected chi connectivity index (χ3v) is 2.11. The van der Waals surface area contributed by atoms with Crippen LogP contribution in [0.5, 0.6) is 0 Å². The summed E-state index contributed by atoms with van der Waals surface area (Å²) in [4.78, 5) is 13.4. The molecule has 1 heterocycles. The van der Waals surface area contributed by atoms with Crippen molar-refractivity contribution in [2.45, 2.75) is 19.0 Å². The van der Waals surface area contributed by atoms with E-state index in [9.17, 15) is 31.1 Å². The molecule has 0 fully saturated rings. The SMILES string of the molecule is COC(=O)Cc1cc(C(F)F)nc(C(F)(F)F)c1F. The molecule has 0 saturated carbocycles. The summed E-state index contributed by atoms with van der Waals surface area (Å²) in [7, 11) is 0.931. The topological polar surface area (TPSA) is 39.2 Å². The molecule has 1 aromatic heterocycles. The van der Waals surface area contributed by atoms with Gasteiger partial charge in [-0.05, 0) is 6.07 Å². The average Bonchev–Trinajstić information content (AvgIpc) is 2.29. The molecule has 19 heavy (non-hydrogen) atoms. The Morgan fingerprint density at radius 3 is 2.42 bits per heavy atom. The highest BCUT2D eigenvalue weighted by Gasteiger charge is 2.38. The Kier molecular flexibility index (Phi) is 4.38. The molecule has 0 radical (unpaired) electrons. The van der Waals surface area contributed by atoms with Crippen molar-refractivity contribution in [3.8, 4) is 0 Å². The number of alkyl halides is 5. The molecule has 0 aliphatic heterocycles. The van der Waals surface area contributed by atoms with Gasteiger partial charge < -0.3 is 4.74 Å². The molecule has 0 saturated heterocycles. The zero-order chi connectivity index (χ0) is 14.8. The maximum absolute atomic E-state index is 13.5. The van der Waals surface area contributed by atoms with Crippen LogP contribution in [0.2, 0.25) is 0 Å². The Morgan fingerprint density at radius 2 is 2.00 bits per heavy atom. The number of methoxy groups -OCH3 is 1. The first kappa shape index (κ1) is 15.3. The van der Waals surface area contributed by atoms with E-state index in [2.05, 4.69) is 9.72 Å². The van der Waals surface area contributed by atoms with Gasteiger partial charge in [0.05, 0.1) is 13.5 Å². The number of hydrogen-bond acceptors (Lipinski definition) is 3. The minimum atomic E-state index is -5.24. The summed E-state index contributed by atoms with van der Waals surface area (Å²) in [6, 6.07) is 0.409. The van der Waals surface area contributed by atoms with Crippen LogP contribution in [0.4, 0.5) is 26.3 Å². The van der Waals surface area contributed by atoms with Gasteiger partial charge in [0.15, 0.2) is 11.5 Å². The number of ether oxygens (including phenoxy) is 1. The van der Waals surface area contributed by atoms with E-state index in [1.807, 2.05) is 0 Å². The smallest absolute Gasteiger partial charge is 0.436 e. The standard InChI is InChI=1S/C10H7F6NO2/c1-19-6(18)3-4-2-5(9(12)13)17-8(7(4)11)10(14,15)16/h2,9H,3H2,1H3. The van der Waals surface area contributed by atoms with Gasteiger partial charge in [-0.1, -0.05) is 0 Å². The fourth-order valence-corrected chi connectivity index (χ4v) is 1.26.